The topological polar surface area (TPSA) is 182 Å². The van der Waals surface area contributed by atoms with E-state index in [0.717, 1.165) is 10.2 Å². The maximum Gasteiger partial charge on any atom is 0.435 e. The minimum Gasteiger partial charge on any atom is -0.483 e. The number of carbonyl (C=O) groups excluding carboxylic acids is 1. The SMILES string of the molecule is CCc1cc(Nc2nccn3c(-c4cn(CC(C)(CO)CCl)nc4C(F)(F)F)cnc23)ccc1C(=O)NCCOCCN.O=CO. The number of aromatic nitrogens is 5. The average Bonchev–Trinajstić information content (AvgIpc) is 3.66. The van der Waals surface area contributed by atoms with Crippen LogP contribution in [0.1, 0.15) is 35.5 Å². The van der Waals surface area contributed by atoms with Gasteiger partial charge in [-0.05, 0) is 30.2 Å². The molecule has 0 spiro atoms. The van der Waals surface area contributed by atoms with Gasteiger partial charge in [0.1, 0.15) is 0 Å². The van der Waals surface area contributed by atoms with E-state index >= 15 is 0 Å². The summed E-state index contributed by atoms with van der Waals surface area (Å²) in [5.74, 6) is 0.108. The first-order valence-corrected chi connectivity index (χ1v) is 14.7. The van der Waals surface area contributed by atoms with Crippen LogP contribution in [0.15, 0.2) is 43.0 Å². The summed E-state index contributed by atoms with van der Waals surface area (Å²) < 4.78 is 50.1. The van der Waals surface area contributed by atoms with Crippen LogP contribution in [0.4, 0.5) is 24.7 Å². The molecule has 46 heavy (non-hydrogen) atoms. The molecule has 1 aromatic carbocycles. The molecule has 3 aromatic heterocycles. The molecule has 1 unspecified atom stereocenters. The molecular weight excluding hydrogens is 633 g/mol. The van der Waals surface area contributed by atoms with Gasteiger partial charge in [0.15, 0.2) is 17.2 Å². The Hall–Kier alpha value is -4.25. The zero-order chi connectivity index (χ0) is 33.9. The summed E-state index contributed by atoms with van der Waals surface area (Å²) in [5, 5.41) is 26.4. The van der Waals surface area contributed by atoms with E-state index in [0.29, 0.717) is 49.8 Å². The smallest absolute Gasteiger partial charge is 0.435 e. The number of fused-ring (bicyclic) bond motifs is 1. The first-order valence-electron chi connectivity index (χ1n) is 14.1. The number of imidazole rings is 1. The summed E-state index contributed by atoms with van der Waals surface area (Å²) in [6, 6.07) is 5.23. The van der Waals surface area contributed by atoms with Crippen molar-refractivity contribution in [2.24, 2.45) is 11.1 Å². The van der Waals surface area contributed by atoms with Gasteiger partial charge in [-0.25, -0.2) is 9.97 Å². The second kappa shape index (κ2) is 16.4. The maximum absolute atomic E-state index is 14.1. The lowest BCUT2D eigenvalue weighted by molar-refractivity contribution is -0.141. The van der Waals surface area contributed by atoms with Gasteiger partial charge >= 0.3 is 6.18 Å². The number of carboxylic acid groups (broad SMARTS) is 1. The van der Waals surface area contributed by atoms with Gasteiger partial charge < -0.3 is 31.3 Å². The number of aryl methyl sites for hydroxylation is 1. The van der Waals surface area contributed by atoms with Crippen LogP contribution in [0, 0.1) is 5.41 Å². The predicted octanol–water partition coefficient (Wildman–Crippen LogP) is 3.56. The Balaban J connectivity index is 0.00000185. The molecule has 0 aliphatic rings. The molecule has 0 saturated carbocycles. The van der Waals surface area contributed by atoms with E-state index in [-0.39, 0.29) is 48.3 Å². The zero-order valence-corrected chi connectivity index (χ0v) is 26.0. The van der Waals surface area contributed by atoms with Gasteiger partial charge in [-0.2, -0.15) is 18.3 Å². The first kappa shape index (κ1) is 36.2. The molecule has 3 heterocycles. The number of amides is 1. The van der Waals surface area contributed by atoms with Gasteiger partial charge in [0.25, 0.3) is 12.4 Å². The number of aliphatic hydroxyl groups excluding tert-OH is 1. The summed E-state index contributed by atoms with van der Waals surface area (Å²) in [6.07, 6.45) is 1.41. The largest absolute Gasteiger partial charge is 0.483 e. The highest BCUT2D eigenvalue weighted by Crippen LogP contribution is 2.37. The van der Waals surface area contributed by atoms with Crippen LogP contribution >= 0.6 is 11.6 Å². The summed E-state index contributed by atoms with van der Waals surface area (Å²) in [7, 11) is 0. The Bertz CT molecular complexity index is 1610. The highest BCUT2D eigenvalue weighted by Gasteiger charge is 2.39. The fourth-order valence-electron chi connectivity index (χ4n) is 4.47. The normalized spacial score (nSPS) is 12.7. The van der Waals surface area contributed by atoms with Gasteiger partial charge in [-0.3, -0.25) is 18.7 Å². The lowest BCUT2D eigenvalue weighted by atomic mass is 9.95. The van der Waals surface area contributed by atoms with E-state index in [9.17, 15) is 23.1 Å². The van der Waals surface area contributed by atoms with Crippen molar-refractivity contribution < 1.29 is 37.7 Å². The summed E-state index contributed by atoms with van der Waals surface area (Å²) >= 11 is 5.96. The second-order valence-corrected chi connectivity index (χ2v) is 10.7. The maximum atomic E-state index is 14.1. The molecule has 0 radical (unpaired) electrons. The number of benzene rings is 1. The molecule has 6 N–H and O–H groups in total. The van der Waals surface area contributed by atoms with E-state index in [2.05, 4.69) is 25.7 Å². The fourth-order valence-corrected chi connectivity index (χ4v) is 4.64. The van der Waals surface area contributed by atoms with Gasteiger partial charge in [-0.15, -0.1) is 11.6 Å². The highest BCUT2D eigenvalue weighted by atomic mass is 35.5. The van der Waals surface area contributed by atoms with E-state index in [1.807, 2.05) is 13.0 Å². The molecule has 0 saturated heterocycles. The van der Waals surface area contributed by atoms with Crippen LogP contribution in [0.25, 0.3) is 16.9 Å². The third-order valence-corrected chi connectivity index (χ3v) is 7.42. The van der Waals surface area contributed by atoms with Crippen molar-refractivity contribution >= 4 is 41.1 Å². The molecule has 17 heteroatoms. The molecule has 1 amide bonds. The average molecular weight is 669 g/mol. The molecule has 250 valence electrons. The van der Waals surface area contributed by atoms with E-state index < -0.39 is 17.3 Å². The van der Waals surface area contributed by atoms with Crippen molar-refractivity contribution in [1.82, 2.24) is 29.5 Å². The molecule has 0 aliphatic heterocycles. The fraction of sp³-hybridized carbons (Fsp3) is 0.414. The Labute approximate surface area is 267 Å². The number of halogens is 4. The molecule has 1 atom stereocenters. The van der Waals surface area contributed by atoms with Crippen LogP contribution < -0.4 is 16.4 Å². The monoisotopic (exact) mass is 668 g/mol. The Kier molecular flexibility index (Phi) is 12.9. The lowest BCUT2D eigenvalue weighted by Gasteiger charge is -2.23. The third-order valence-electron chi connectivity index (χ3n) is 6.77. The number of nitrogens with one attached hydrogen (secondary N) is 2. The van der Waals surface area contributed by atoms with Crippen LogP contribution in [0.3, 0.4) is 0 Å². The number of aliphatic hydroxyl groups is 1. The van der Waals surface area contributed by atoms with Crippen molar-refractivity contribution in [2.45, 2.75) is 33.0 Å². The standard InChI is InChI=1S/C28H34ClF3N8O3.CH2O2/c1-3-18-12-19(4-5-20(18)26(42)35-8-11-43-10-6-33)37-24-25-36-13-22(40(25)9-7-34-24)21-14-39(16-27(2,15-29)17-41)38-23(21)28(30,31)32;2-1-3/h4-5,7,9,12-14,41H,3,6,8,10-11,15-17,33H2,1-2H3,(H,34,37)(H,35,42);1H,(H,2,3). The summed E-state index contributed by atoms with van der Waals surface area (Å²) in [6.45, 7) is 4.52. The van der Waals surface area contributed by atoms with Crippen molar-refractivity contribution in [3.05, 3.63) is 59.8 Å². The minimum atomic E-state index is -4.74. The molecule has 0 bridgehead atoms. The van der Waals surface area contributed by atoms with Crippen molar-refractivity contribution in [3.8, 4) is 11.3 Å². The van der Waals surface area contributed by atoms with Crippen molar-refractivity contribution in [3.63, 3.8) is 0 Å². The Morgan fingerprint density at radius 2 is 1.98 bits per heavy atom. The van der Waals surface area contributed by atoms with Gasteiger partial charge in [0, 0.05) is 60.8 Å². The molecule has 0 aliphatic carbocycles. The number of anilines is 2. The molecule has 13 nitrogen and oxygen atoms in total. The number of hydrogen-bond donors (Lipinski definition) is 5. The number of ether oxygens (including phenoxy) is 1. The van der Waals surface area contributed by atoms with E-state index in [1.165, 1.54) is 29.2 Å². The van der Waals surface area contributed by atoms with Crippen molar-refractivity contribution in [1.29, 1.82) is 0 Å². The predicted molar refractivity (Wildman–Crippen MR) is 165 cm³/mol. The molecule has 4 aromatic rings. The van der Waals surface area contributed by atoms with E-state index in [1.54, 1.807) is 19.1 Å². The van der Waals surface area contributed by atoms with E-state index in [4.69, 9.17) is 32.0 Å². The number of nitrogens with zero attached hydrogens (tertiary/aromatic N) is 5. The lowest BCUT2D eigenvalue weighted by Crippen LogP contribution is -2.29. The third kappa shape index (κ3) is 8.93. The molecule has 4 rings (SSSR count). The zero-order valence-electron chi connectivity index (χ0n) is 25.2. The van der Waals surface area contributed by atoms with Crippen molar-refractivity contribution in [2.75, 3.05) is 44.1 Å². The van der Waals surface area contributed by atoms with Crippen LogP contribution in [-0.2, 0) is 28.7 Å². The first-order chi connectivity index (χ1) is 21.9. The van der Waals surface area contributed by atoms with Gasteiger partial charge in [0.05, 0.1) is 37.3 Å². The van der Waals surface area contributed by atoms with Gasteiger partial charge in [0.2, 0.25) is 0 Å². The highest BCUT2D eigenvalue weighted by molar-refractivity contribution is 6.18. The summed E-state index contributed by atoms with van der Waals surface area (Å²) in [5.41, 5.74) is 5.65. The number of alkyl halides is 4. The number of carbonyl (C=O) groups is 2. The minimum absolute atomic E-state index is 0.0168. The van der Waals surface area contributed by atoms with Gasteiger partial charge in [-0.1, -0.05) is 13.8 Å². The Morgan fingerprint density at radius 3 is 2.61 bits per heavy atom. The quantitative estimate of drug-likeness (QED) is 0.0757. The van der Waals surface area contributed by atoms with Crippen LogP contribution in [-0.4, -0.2) is 85.5 Å². The Morgan fingerprint density at radius 1 is 1.24 bits per heavy atom. The van der Waals surface area contributed by atoms with Crippen LogP contribution in [0.5, 0.6) is 0 Å². The summed E-state index contributed by atoms with van der Waals surface area (Å²) in [4.78, 5) is 29.8. The number of hydrogen-bond acceptors (Lipinski definition) is 9. The second-order valence-electron chi connectivity index (χ2n) is 10.4. The van der Waals surface area contributed by atoms with Crippen LogP contribution in [0.2, 0.25) is 0 Å². The number of nitrogens with two attached hydrogens (primary N) is 1. The molecule has 0 fully saturated rings. The molecular formula is C29H36ClF3N8O5. The number of rotatable bonds is 14.